The second-order valence-electron chi connectivity index (χ2n) is 6.85. The van der Waals surface area contributed by atoms with E-state index in [-0.39, 0.29) is 11.7 Å². The van der Waals surface area contributed by atoms with Crippen LogP contribution in [-0.4, -0.2) is 27.6 Å². The predicted molar refractivity (Wildman–Crippen MR) is 115 cm³/mol. The Morgan fingerprint density at radius 3 is 2.47 bits per heavy atom. The lowest BCUT2D eigenvalue weighted by atomic mass is 10.2. The molecule has 2 heterocycles. The number of imidazole rings is 1. The molecule has 2 aromatic heterocycles. The molecule has 0 saturated heterocycles. The van der Waals surface area contributed by atoms with Crippen molar-refractivity contribution in [2.24, 2.45) is 0 Å². The molecule has 30 heavy (non-hydrogen) atoms. The molecule has 0 fully saturated rings. The van der Waals surface area contributed by atoms with Gasteiger partial charge >= 0.3 is 0 Å². The van der Waals surface area contributed by atoms with Crippen molar-refractivity contribution in [3.8, 4) is 0 Å². The van der Waals surface area contributed by atoms with Crippen LogP contribution < -0.4 is 16.0 Å². The molecule has 4 rings (SSSR count). The summed E-state index contributed by atoms with van der Waals surface area (Å²) in [6.45, 7) is 2.39. The van der Waals surface area contributed by atoms with Gasteiger partial charge in [0, 0.05) is 25.0 Å². The van der Waals surface area contributed by atoms with Crippen molar-refractivity contribution >= 4 is 28.7 Å². The maximum absolute atomic E-state index is 13.1. The average molecular weight is 404 g/mol. The number of nitrogens with zero attached hydrogens (tertiary/aromatic N) is 3. The third-order valence-corrected chi connectivity index (χ3v) is 4.72. The first-order chi connectivity index (χ1) is 14.5. The average Bonchev–Trinajstić information content (AvgIpc) is 3.16. The highest BCUT2D eigenvalue weighted by Crippen LogP contribution is 2.18. The van der Waals surface area contributed by atoms with Gasteiger partial charge in [-0.15, -0.1) is 5.10 Å². The van der Waals surface area contributed by atoms with E-state index in [0.717, 1.165) is 16.8 Å². The van der Waals surface area contributed by atoms with Crippen LogP contribution in [0.5, 0.6) is 0 Å². The van der Waals surface area contributed by atoms with Crippen LogP contribution in [0.15, 0.2) is 60.8 Å². The Labute approximate surface area is 173 Å². The molecule has 0 saturated carbocycles. The Morgan fingerprint density at radius 2 is 1.77 bits per heavy atom. The van der Waals surface area contributed by atoms with Crippen molar-refractivity contribution in [3.63, 3.8) is 0 Å². The molecule has 0 spiro atoms. The number of hydrogen-bond donors (Lipinski definition) is 3. The van der Waals surface area contributed by atoms with Crippen molar-refractivity contribution in [1.29, 1.82) is 0 Å². The fraction of sp³-hybridized carbons (Fsp3) is 0.136. The molecule has 0 unspecified atom stereocenters. The molecular formula is C22H21FN6O. The lowest BCUT2D eigenvalue weighted by molar-refractivity contribution is 0.102. The summed E-state index contributed by atoms with van der Waals surface area (Å²) in [6, 6.07) is 15.5. The highest BCUT2D eigenvalue weighted by molar-refractivity contribution is 6.03. The summed E-state index contributed by atoms with van der Waals surface area (Å²) in [4.78, 5) is 17.1. The van der Waals surface area contributed by atoms with Crippen molar-refractivity contribution in [3.05, 3.63) is 83.4 Å². The monoisotopic (exact) mass is 404 g/mol. The van der Waals surface area contributed by atoms with Gasteiger partial charge in [0.15, 0.2) is 11.3 Å². The van der Waals surface area contributed by atoms with E-state index in [1.54, 1.807) is 12.1 Å². The number of carbonyl (C=O) groups excluding carboxylic acids is 1. The highest BCUT2D eigenvalue weighted by Gasteiger charge is 2.15. The first-order valence-corrected chi connectivity index (χ1v) is 9.46. The Balaban J connectivity index is 1.55. The molecule has 7 nitrogen and oxygen atoms in total. The number of aryl methyl sites for hydroxylation is 1. The summed E-state index contributed by atoms with van der Waals surface area (Å²) >= 11 is 0. The lowest BCUT2D eigenvalue weighted by Gasteiger charge is -2.10. The van der Waals surface area contributed by atoms with Crippen LogP contribution in [0.2, 0.25) is 0 Å². The molecule has 3 N–H and O–H groups in total. The second-order valence-corrected chi connectivity index (χ2v) is 6.85. The number of hydrogen-bond acceptors (Lipinski definition) is 5. The molecule has 0 aliphatic carbocycles. The zero-order chi connectivity index (χ0) is 21.1. The summed E-state index contributed by atoms with van der Waals surface area (Å²) in [7, 11) is 1.83. The summed E-state index contributed by atoms with van der Waals surface area (Å²) in [5.74, 6) is 0.0435. The number of rotatable bonds is 6. The number of amides is 1. The van der Waals surface area contributed by atoms with Crippen LogP contribution in [0.1, 0.15) is 21.6 Å². The topological polar surface area (TPSA) is 83.3 Å². The van der Waals surface area contributed by atoms with Crippen LogP contribution in [0, 0.1) is 12.7 Å². The van der Waals surface area contributed by atoms with E-state index in [9.17, 15) is 9.18 Å². The van der Waals surface area contributed by atoms with Crippen LogP contribution in [0.3, 0.4) is 0 Å². The van der Waals surface area contributed by atoms with Crippen molar-refractivity contribution in [1.82, 2.24) is 14.6 Å². The van der Waals surface area contributed by atoms with Gasteiger partial charge < -0.3 is 16.0 Å². The third kappa shape index (κ3) is 4.07. The van der Waals surface area contributed by atoms with Gasteiger partial charge in [-0.1, -0.05) is 12.1 Å². The minimum absolute atomic E-state index is 0.274. The van der Waals surface area contributed by atoms with E-state index in [1.807, 2.05) is 44.3 Å². The van der Waals surface area contributed by atoms with E-state index in [4.69, 9.17) is 0 Å². The SMILES string of the molecule is CNc1ccc(NC(=O)c2cnc3cc(C)c(NCc4ccc(F)cc4)nn23)cc1. The van der Waals surface area contributed by atoms with Crippen LogP contribution in [0.4, 0.5) is 21.6 Å². The van der Waals surface area contributed by atoms with E-state index < -0.39 is 0 Å². The molecule has 152 valence electrons. The smallest absolute Gasteiger partial charge is 0.276 e. The third-order valence-electron chi connectivity index (χ3n) is 4.72. The van der Waals surface area contributed by atoms with Crippen molar-refractivity contribution in [2.45, 2.75) is 13.5 Å². The summed E-state index contributed by atoms with van der Waals surface area (Å²) in [5.41, 5.74) is 4.35. The van der Waals surface area contributed by atoms with Gasteiger partial charge in [0.25, 0.3) is 5.91 Å². The minimum Gasteiger partial charge on any atom is -0.388 e. The van der Waals surface area contributed by atoms with Crippen molar-refractivity contribution < 1.29 is 9.18 Å². The van der Waals surface area contributed by atoms with E-state index in [0.29, 0.717) is 29.4 Å². The van der Waals surface area contributed by atoms with Gasteiger partial charge in [0.05, 0.1) is 6.20 Å². The molecule has 2 aromatic carbocycles. The Bertz CT molecular complexity index is 1180. The Kier molecular flexibility index (Phi) is 5.30. The predicted octanol–water partition coefficient (Wildman–Crippen LogP) is 4.08. The molecule has 0 aliphatic heterocycles. The van der Waals surface area contributed by atoms with Gasteiger partial charge in [0.2, 0.25) is 0 Å². The number of carbonyl (C=O) groups is 1. The van der Waals surface area contributed by atoms with E-state index in [2.05, 4.69) is 26.0 Å². The molecular weight excluding hydrogens is 383 g/mol. The van der Waals surface area contributed by atoms with Gasteiger partial charge in [-0.3, -0.25) is 4.79 Å². The fourth-order valence-corrected chi connectivity index (χ4v) is 3.04. The number of benzene rings is 2. The quantitative estimate of drug-likeness (QED) is 0.451. The zero-order valence-corrected chi connectivity index (χ0v) is 16.6. The van der Waals surface area contributed by atoms with Crippen LogP contribution in [-0.2, 0) is 6.54 Å². The molecule has 0 atom stereocenters. The fourth-order valence-electron chi connectivity index (χ4n) is 3.04. The summed E-state index contributed by atoms with van der Waals surface area (Å²) in [5, 5.41) is 13.7. The lowest BCUT2D eigenvalue weighted by Crippen LogP contribution is -2.16. The number of nitrogens with one attached hydrogen (secondary N) is 3. The van der Waals surface area contributed by atoms with Gasteiger partial charge in [-0.05, 0) is 60.5 Å². The molecule has 8 heteroatoms. The van der Waals surface area contributed by atoms with E-state index >= 15 is 0 Å². The molecule has 0 bridgehead atoms. The number of halogens is 1. The maximum atomic E-state index is 13.1. The maximum Gasteiger partial charge on any atom is 0.276 e. The highest BCUT2D eigenvalue weighted by atomic mass is 19.1. The number of aromatic nitrogens is 3. The van der Waals surface area contributed by atoms with Crippen molar-refractivity contribution in [2.75, 3.05) is 23.0 Å². The van der Waals surface area contributed by atoms with Gasteiger partial charge in [0.1, 0.15) is 11.6 Å². The second kappa shape index (κ2) is 8.20. The van der Waals surface area contributed by atoms with E-state index in [1.165, 1.54) is 22.8 Å². The Hall–Kier alpha value is -3.94. The number of fused-ring (bicyclic) bond motifs is 1. The first-order valence-electron chi connectivity index (χ1n) is 9.46. The molecule has 1 amide bonds. The standard InChI is InChI=1S/C22H21FN6O/c1-14-11-20-25-13-19(22(30)27-18-9-7-17(24-2)8-10-18)29(20)28-21(14)26-12-15-3-5-16(23)6-4-15/h3-11,13,24H,12H2,1-2H3,(H,26,28)(H,27,30). The Morgan fingerprint density at radius 1 is 1.07 bits per heavy atom. The van der Waals surface area contributed by atoms with Crippen LogP contribution in [0.25, 0.3) is 5.65 Å². The summed E-state index contributed by atoms with van der Waals surface area (Å²) in [6.07, 6.45) is 1.50. The normalized spacial score (nSPS) is 10.8. The zero-order valence-electron chi connectivity index (χ0n) is 16.6. The molecule has 0 radical (unpaired) electrons. The summed E-state index contributed by atoms with van der Waals surface area (Å²) < 4.78 is 14.6. The molecule has 0 aliphatic rings. The van der Waals surface area contributed by atoms with Gasteiger partial charge in [-0.25, -0.2) is 13.9 Å². The minimum atomic E-state index is -0.305. The first kappa shape index (κ1) is 19.4. The molecule has 4 aromatic rings. The number of anilines is 3. The van der Waals surface area contributed by atoms with Gasteiger partial charge in [-0.2, -0.15) is 0 Å². The van der Waals surface area contributed by atoms with Crippen LogP contribution >= 0.6 is 0 Å². The largest absolute Gasteiger partial charge is 0.388 e.